The van der Waals surface area contributed by atoms with Gasteiger partial charge in [-0.25, -0.2) is 9.97 Å². The zero-order valence-electron chi connectivity index (χ0n) is 8.94. The van der Waals surface area contributed by atoms with Crippen LogP contribution in [0.5, 0.6) is 0 Å². The number of ether oxygens (including phenoxy) is 1. The van der Waals surface area contributed by atoms with Crippen LogP contribution in [0.15, 0.2) is 21.6 Å². The Morgan fingerprint density at radius 3 is 2.76 bits per heavy atom. The van der Waals surface area contributed by atoms with E-state index in [1.54, 1.807) is 6.20 Å². The highest BCUT2D eigenvalue weighted by Crippen LogP contribution is 2.25. The smallest absolute Gasteiger partial charge is 0.181 e. The monoisotopic (exact) mass is 360 g/mol. The minimum atomic E-state index is 0.738. The van der Waals surface area contributed by atoms with Crippen LogP contribution < -0.4 is 4.90 Å². The molecule has 0 unspecified atom stereocenters. The van der Waals surface area contributed by atoms with Gasteiger partial charge in [0.15, 0.2) is 11.5 Å². The summed E-state index contributed by atoms with van der Waals surface area (Å²) < 4.78 is 9.04. The standard InChI is InChI=1S/C10H10Br2N4O/c11-7-6-16-8(12)5-13-9(16)10(14-7)15-1-3-17-4-2-15/h5-6H,1-4H2. The van der Waals surface area contributed by atoms with E-state index in [1.807, 2.05) is 10.6 Å². The summed E-state index contributed by atoms with van der Waals surface area (Å²) in [5.74, 6) is 0.897. The summed E-state index contributed by atoms with van der Waals surface area (Å²) in [6.07, 6.45) is 3.68. The molecule has 0 atom stereocenters. The molecule has 0 spiro atoms. The fraction of sp³-hybridized carbons (Fsp3) is 0.400. The van der Waals surface area contributed by atoms with Gasteiger partial charge < -0.3 is 9.64 Å². The molecule has 0 aromatic carbocycles. The van der Waals surface area contributed by atoms with E-state index in [0.717, 1.165) is 47.0 Å². The molecule has 3 heterocycles. The summed E-state index contributed by atoms with van der Waals surface area (Å²) in [7, 11) is 0. The number of aromatic nitrogens is 3. The van der Waals surface area contributed by atoms with Gasteiger partial charge in [-0.05, 0) is 31.9 Å². The first-order valence-corrected chi connectivity index (χ1v) is 6.86. The predicted molar refractivity (Wildman–Crippen MR) is 71.4 cm³/mol. The van der Waals surface area contributed by atoms with Crippen LogP contribution >= 0.6 is 31.9 Å². The van der Waals surface area contributed by atoms with Gasteiger partial charge in [0.2, 0.25) is 0 Å². The Bertz CT molecular complexity index is 550. The van der Waals surface area contributed by atoms with Crippen molar-refractivity contribution >= 4 is 43.3 Å². The van der Waals surface area contributed by atoms with E-state index in [2.05, 4.69) is 46.7 Å². The van der Waals surface area contributed by atoms with E-state index in [0.29, 0.717) is 0 Å². The van der Waals surface area contributed by atoms with Crippen molar-refractivity contribution in [1.29, 1.82) is 0 Å². The van der Waals surface area contributed by atoms with Gasteiger partial charge in [0.25, 0.3) is 0 Å². The highest BCUT2D eigenvalue weighted by atomic mass is 79.9. The molecule has 0 amide bonds. The van der Waals surface area contributed by atoms with Crippen molar-refractivity contribution < 1.29 is 4.74 Å². The molecular weight excluding hydrogens is 352 g/mol. The maximum absolute atomic E-state index is 5.35. The van der Waals surface area contributed by atoms with Gasteiger partial charge in [-0.15, -0.1) is 0 Å². The van der Waals surface area contributed by atoms with Gasteiger partial charge in [-0.1, -0.05) is 0 Å². The summed E-state index contributed by atoms with van der Waals surface area (Å²) in [6.45, 7) is 3.18. The largest absolute Gasteiger partial charge is 0.378 e. The van der Waals surface area contributed by atoms with Crippen molar-refractivity contribution in [2.45, 2.75) is 0 Å². The van der Waals surface area contributed by atoms with Crippen LogP contribution in [-0.4, -0.2) is 40.7 Å². The maximum Gasteiger partial charge on any atom is 0.181 e. The van der Waals surface area contributed by atoms with E-state index < -0.39 is 0 Å². The lowest BCUT2D eigenvalue weighted by molar-refractivity contribution is 0.122. The number of imidazole rings is 1. The lowest BCUT2D eigenvalue weighted by atomic mass is 10.4. The molecule has 0 aliphatic carbocycles. The van der Waals surface area contributed by atoms with E-state index in [4.69, 9.17) is 4.74 Å². The van der Waals surface area contributed by atoms with Crippen molar-refractivity contribution in [1.82, 2.24) is 14.4 Å². The SMILES string of the molecule is Brc1cn2c(Br)cnc2c(N2CCOCC2)n1. The zero-order valence-corrected chi connectivity index (χ0v) is 12.1. The van der Waals surface area contributed by atoms with Crippen LogP contribution in [0.4, 0.5) is 5.82 Å². The topological polar surface area (TPSA) is 42.7 Å². The second-order valence-electron chi connectivity index (χ2n) is 3.76. The van der Waals surface area contributed by atoms with Crippen molar-refractivity contribution in [3.8, 4) is 0 Å². The first-order valence-electron chi connectivity index (χ1n) is 5.27. The first-order chi connectivity index (χ1) is 8.25. The molecule has 7 heteroatoms. The van der Waals surface area contributed by atoms with Crippen LogP contribution in [-0.2, 0) is 4.74 Å². The van der Waals surface area contributed by atoms with Crippen LogP contribution in [0.2, 0.25) is 0 Å². The van der Waals surface area contributed by atoms with E-state index in [9.17, 15) is 0 Å². The maximum atomic E-state index is 5.35. The Balaban J connectivity index is 2.13. The van der Waals surface area contributed by atoms with E-state index in [1.165, 1.54) is 0 Å². The number of nitrogens with zero attached hydrogens (tertiary/aromatic N) is 4. The summed E-state index contributed by atoms with van der Waals surface area (Å²) in [5, 5.41) is 0. The highest BCUT2D eigenvalue weighted by molar-refractivity contribution is 9.10. The zero-order chi connectivity index (χ0) is 11.8. The summed E-state index contributed by atoms with van der Waals surface area (Å²) in [5.41, 5.74) is 0.863. The number of rotatable bonds is 1. The van der Waals surface area contributed by atoms with Crippen molar-refractivity contribution in [3.05, 3.63) is 21.6 Å². The molecule has 1 aliphatic rings. The number of fused-ring (bicyclic) bond motifs is 1. The minimum absolute atomic E-state index is 0.738. The van der Waals surface area contributed by atoms with E-state index >= 15 is 0 Å². The van der Waals surface area contributed by atoms with Gasteiger partial charge in [0.1, 0.15) is 9.21 Å². The third-order valence-electron chi connectivity index (χ3n) is 2.71. The molecule has 90 valence electrons. The Hall–Kier alpha value is -0.660. The molecule has 1 saturated heterocycles. The Kier molecular flexibility index (Phi) is 3.06. The second-order valence-corrected chi connectivity index (χ2v) is 5.39. The molecule has 17 heavy (non-hydrogen) atoms. The number of halogens is 2. The van der Waals surface area contributed by atoms with Crippen LogP contribution in [0.25, 0.3) is 5.65 Å². The number of hydrogen-bond acceptors (Lipinski definition) is 4. The van der Waals surface area contributed by atoms with Crippen LogP contribution in [0.1, 0.15) is 0 Å². The average Bonchev–Trinajstić information content (AvgIpc) is 2.72. The first kappa shape index (κ1) is 11.4. The second kappa shape index (κ2) is 4.55. The van der Waals surface area contributed by atoms with Crippen molar-refractivity contribution in [2.75, 3.05) is 31.2 Å². The molecule has 5 nitrogen and oxygen atoms in total. The van der Waals surface area contributed by atoms with Gasteiger partial charge in [-0.2, -0.15) is 0 Å². The van der Waals surface area contributed by atoms with Crippen molar-refractivity contribution in [2.24, 2.45) is 0 Å². The molecule has 1 aliphatic heterocycles. The lowest BCUT2D eigenvalue weighted by Gasteiger charge is -2.28. The highest BCUT2D eigenvalue weighted by Gasteiger charge is 2.18. The third-order valence-corrected chi connectivity index (χ3v) is 3.68. The van der Waals surface area contributed by atoms with Crippen LogP contribution in [0.3, 0.4) is 0 Å². The molecule has 2 aromatic heterocycles. The Labute approximate surface area is 115 Å². The molecule has 0 bridgehead atoms. The quantitative estimate of drug-likeness (QED) is 0.780. The van der Waals surface area contributed by atoms with Crippen molar-refractivity contribution in [3.63, 3.8) is 0 Å². The molecule has 1 fully saturated rings. The minimum Gasteiger partial charge on any atom is -0.378 e. The number of hydrogen-bond donors (Lipinski definition) is 0. The predicted octanol–water partition coefficient (Wildman–Crippen LogP) is 2.09. The van der Waals surface area contributed by atoms with Gasteiger partial charge >= 0.3 is 0 Å². The summed E-state index contributed by atoms with van der Waals surface area (Å²) in [4.78, 5) is 11.1. The van der Waals surface area contributed by atoms with Gasteiger partial charge in [-0.3, -0.25) is 4.40 Å². The summed E-state index contributed by atoms with van der Waals surface area (Å²) >= 11 is 6.90. The molecule has 0 saturated carbocycles. The Morgan fingerprint density at radius 2 is 2.00 bits per heavy atom. The summed E-state index contributed by atoms with van der Waals surface area (Å²) in [6, 6.07) is 0. The average molecular weight is 362 g/mol. The third kappa shape index (κ3) is 2.07. The molecule has 0 N–H and O–H groups in total. The fourth-order valence-corrected chi connectivity index (χ4v) is 2.65. The lowest BCUT2D eigenvalue weighted by Crippen LogP contribution is -2.37. The number of morpholine rings is 1. The Morgan fingerprint density at radius 1 is 1.24 bits per heavy atom. The fourth-order valence-electron chi connectivity index (χ4n) is 1.90. The molecule has 0 radical (unpaired) electrons. The van der Waals surface area contributed by atoms with Gasteiger partial charge in [0.05, 0.1) is 19.4 Å². The molecule has 2 aromatic rings. The number of anilines is 1. The van der Waals surface area contributed by atoms with Crippen LogP contribution in [0, 0.1) is 0 Å². The normalized spacial score (nSPS) is 16.7. The van der Waals surface area contributed by atoms with Gasteiger partial charge in [0, 0.05) is 19.3 Å². The molecule has 3 rings (SSSR count). The van der Waals surface area contributed by atoms with E-state index in [-0.39, 0.29) is 0 Å². The molecular formula is C10H10Br2N4O.